The molecule has 0 unspecified atom stereocenters. The average molecular weight is 421 g/mol. The molecule has 3 nitrogen and oxygen atoms in total. The molecule has 0 radical (unpaired) electrons. The monoisotopic (exact) mass is 421 g/mol. The summed E-state index contributed by atoms with van der Waals surface area (Å²) in [6.07, 6.45) is -1.04. The molecule has 3 N–H and O–H groups in total. The summed E-state index contributed by atoms with van der Waals surface area (Å²) in [4.78, 5) is 11.5. The van der Waals surface area contributed by atoms with Gasteiger partial charge >= 0.3 is 0 Å². The maximum absolute atomic E-state index is 11.5. The average Bonchev–Trinajstić information content (AvgIpc) is 2.47. The van der Waals surface area contributed by atoms with Gasteiger partial charge in [0.2, 0.25) is 0 Å². The van der Waals surface area contributed by atoms with E-state index in [-0.39, 0.29) is 5.78 Å². The van der Waals surface area contributed by atoms with Gasteiger partial charge in [0.15, 0.2) is 5.78 Å². The van der Waals surface area contributed by atoms with Crippen LogP contribution in [-0.4, -0.2) is 17.0 Å². The van der Waals surface area contributed by atoms with E-state index in [1.54, 1.807) is 11.3 Å². The zero-order chi connectivity index (χ0) is 9.75. The van der Waals surface area contributed by atoms with Gasteiger partial charge in [0.25, 0.3) is 0 Å². The van der Waals surface area contributed by atoms with E-state index >= 15 is 0 Å². The Bertz CT molecular complexity index is 390. The van der Waals surface area contributed by atoms with Crippen molar-refractivity contribution in [2.24, 2.45) is 5.73 Å². The number of halogens is 2. The van der Waals surface area contributed by atoms with Crippen LogP contribution in [0.5, 0.6) is 0 Å². The normalized spacial score (nSPS) is 26.6. The number of Topliss-reactive ketones (excluding diaryl/α,β-unsaturated/α-hetero) is 1. The van der Waals surface area contributed by atoms with E-state index in [0.29, 0.717) is 5.56 Å². The third kappa shape index (κ3) is 1.37. The quantitative estimate of drug-likeness (QED) is 0.625. The number of hydrogen-bond donors (Lipinski definition) is 2. The first-order chi connectivity index (χ1) is 6.04. The van der Waals surface area contributed by atoms with Crippen LogP contribution in [0.1, 0.15) is 22.0 Å². The molecule has 6 heteroatoms. The summed E-state index contributed by atoms with van der Waals surface area (Å²) in [5, 5.41) is 9.45. The third-order valence-corrected chi connectivity index (χ3v) is 5.27. The van der Waals surface area contributed by atoms with E-state index < -0.39 is 12.1 Å². The smallest absolute Gasteiger partial charge is 0.195 e. The van der Waals surface area contributed by atoms with Crippen LogP contribution in [0.4, 0.5) is 0 Å². The Hall–Kier alpha value is 0.750. The van der Waals surface area contributed by atoms with Crippen molar-refractivity contribution >= 4 is 62.3 Å². The molecule has 0 fully saturated rings. The number of fused-ring (bicyclic) bond motifs is 1. The van der Waals surface area contributed by atoms with Gasteiger partial charge in [-0.2, -0.15) is 0 Å². The van der Waals surface area contributed by atoms with Crippen LogP contribution in [0.25, 0.3) is 0 Å². The first-order valence-electron chi connectivity index (χ1n) is 3.49. The topological polar surface area (TPSA) is 63.3 Å². The minimum atomic E-state index is -1.04. The van der Waals surface area contributed by atoms with Crippen molar-refractivity contribution in [3.05, 3.63) is 16.9 Å². The van der Waals surface area contributed by atoms with Crippen LogP contribution in [-0.2, 0) is 0 Å². The molecule has 1 aliphatic carbocycles. The van der Waals surface area contributed by atoms with Gasteiger partial charge in [0.1, 0.15) is 6.10 Å². The first kappa shape index (κ1) is 10.3. The highest BCUT2D eigenvalue weighted by molar-refractivity contribution is 14.1. The Kier molecular flexibility index (Phi) is 2.69. The molecule has 0 bridgehead atoms. The third-order valence-electron chi connectivity index (χ3n) is 2.05. The fourth-order valence-corrected chi connectivity index (χ4v) is 5.97. The van der Waals surface area contributed by atoms with Crippen LogP contribution >= 0.6 is 56.5 Å². The summed E-state index contributed by atoms with van der Waals surface area (Å²) >= 11 is 5.80. The van der Waals surface area contributed by atoms with Gasteiger partial charge in [-0.3, -0.25) is 4.79 Å². The Morgan fingerprint density at radius 1 is 1.38 bits per heavy atom. The van der Waals surface area contributed by atoms with Gasteiger partial charge in [-0.15, -0.1) is 11.3 Å². The summed E-state index contributed by atoms with van der Waals surface area (Å²) < 4.78 is 1.93. The first-order valence-corrected chi connectivity index (χ1v) is 6.47. The SMILES string of the molecule is N[C@@H]1c2c(I)sc(I)c2C(=O)[C@@H]1O. The van der Waals surface area contributed by atoms with Crippen molar-refractivity contribution in [1.82, 2.24) is 0 Å². The molecule has 0 spiro atoms. The van der Waals surface area contributed by atoms with Gasteiger partial charge in [-0.05, 0) is 45.2 Å². The predicted octanol–water partition coefficient (Wildman–Crippen LogP) is 1.51. The molecule has 70 valence electrons. The molecule has 0 aliphatic heterocycles. The largest absolute Gasteiger partial charge is 0.383 e. The standard InChI is InChI=1S/C7H5I2NO2S/c8-6-1-2(7(9)13-6)4(11)5(12)3(1)10/h3,5,12H,10H2/t3-,5-/m1/s1. The van der Waals surface area contributed by atoms with Crippen molar-refractivity contribution in [3.63, 3.8) is 0 Å². The zero-order valence-electron chi connectivity index (χ0n) is 6.25. The molecular formula is C7H5I2NO2S. The van der Waals surface area contributed by atoms with Crippen molar-refractivity contribution in [2.75, 3.05) is 0 Å². The van der Waals surface area contributed by atoms with E-state index in [1.807, 2.05) is 0 Å². The molecule has 0 saturated heterocycles. The summed E-state index contributed by atoms with van der Waals surface area (Å²) in [6.45, 7) is 0. The molecule has 1 aliphatic rings. The van der Waals surface area contributed by atoms with Crippen LogP contribution in [0.2, 0.25) is 0 Å². The lowest BCUT2D eigenvalue weighted by Crippen LogP contribution is -2.26. The highest BCUT2D eigenvalue weighted by Crippen LogP contribution is 2.41. The van der Waals surface area contributed by atoms with Gasteiger partial charge in [-0.25, -0.2) is 0 Å². The van der Waals surface area contributed by atoms with Crippen molar-refractivity contribution in [3.8, 4) is 0 Å². The number of hydrogen-bond acceptors (Lipinski definition) is 4. The molecule has 0 aromatic carbocycles. The van der Waals surface area contributed by atoms with Crippen LogP contribution in [0.15, 0.2) is 0 Å². The van der Waals surface area contributed by atoms with Crippen molar-refractivity contribution < 1.29 is 9.90 Å². The molecule has 2 rings (SSSR count). The Labute approximate surface area is 106 Å². The van der Waals surface area contributed by atoms with Gasteiger partial charge in [0, 0.05) is 5.56 Å². The number of ketones is 1. The minimum absolute atomic E-state index is 0.230. The van der Waals surface area contributed by atoms with Crippen molar-refractivity contribution in [2.45, 2.75) is 12.1 Å². The summed E-state index contributed by atoms with van der Waals surface area (Å²) in [6, 6.07) is -0.533. The number of thiophene rings is 1. The van der Waals surface area contributed by atoms with E-state index in [4.69, 9.17) is 5.73 Å². The molecule has 0 saturated carbocycles. The van der Waals surface area contributed by atoms with Gasteiger partial charge in [-0.1, -0.05) is 0 Å². The second kappa shape index (κ2) is 3.40. The summed E-state index contributed by atoms with van der Waals surface area (Å²) in [5.74, 6) is -0.230. The Balaban J connectivity index is 2.68. The highest BCUT2D eigenvalue weighted by atomic mass is 127. The number of nitrogens with two attached hydrogens (primary N) is 1. The van der Waals surface area contributed by atoms with Crippen LogP contribution in [0, 0.1) is 5.77 Å². The molecule has 2 atom stereocenters. The number of carbonyl (C=O) groups is 1. The van der Waals surface area contributed by atoms with E-state index in [1.165, 1.54) is 0 Å². The lowest BCUT2D eigenvalue weighted by Gasteiger charge is -2.07. The molecule has 1 heterocycles. The molecular weight excluding hydrogens is 416 g/mol. The van der Waals surface area contributed by atoms with Gasteiger partial charge in [0.05, 0.1) is 17.4 Å². The number of aliphatic hydroxyl groups excluding tert-OH is 1. The van der Waals surface area contributed by atoms with E-state index in [0.717, 1.165) is 11.3 Å². The zero-order valence-corrected chi connectivity index (χ0v) is 11.4. The second-order valence-corrected chi connectivity index (χ2v) is 7.42. The fraction of sp³-hybridized carbons (Fsp3) is 0.286. The Morgan fingerprint density at radius 2 is 2.00 bits per heavy atom. The number of rotatable bonds is 0. The summed E-state index contributed by atoms with van der Waals surface area (Å²) in [7, 11) is 0. The van der Waals surface area contributed by atoms with Gasteiger partial charge < -0.3 is 10.8 Å². The lowest BCUT2D eigenvalue weighted by atomic mass is 10.2. The molecule has 1 aromatic heterocycles. The van der Waals surface area contributed by atoms with E-state index in [2.05, 4.69) is 45.2 Å². The number of carbonyl (C=O) groups excluding carboxylic acids is 1. The van der Waals surface area contributed by atoms with E-state index in [9.17, 15) is 9.90 Å². The van der Waals surface area contributed by atoms with Crippen LogP contribution in [0.3, 0.4) is 0 Å². The summed E-state index contributed by atoms with van der Waals surface area (Å²) in [5.41, 5.74) is 7.18. The van der Waals surface area contributed by atoms with Crippen molar-refractivity contribution in [1.29, 1.82) is 0 Å². The maximum Gasteiger partial charge on any atom is 0.195 e. The number of aliphatic hydroxyl groups is 1. The fourth-order valence-electron chi connectivity index (χ4n) is 1.38. The highest BCUT2D eigenvalue weighted by Gasteiger charge is 2.40. The molecule has 0 amide bonds. The second-order valence-electron chi connectivity index (χ2n) is 2.77. The Morgan fingerprint density at radius 3 is 2.54 bits per heavy atom. The van der Waals surface area contributed by atoms with Crippen LogP contribution < -0.4 is 5.73 Å². The molecule has 13 heavy (non-hydrogen) atoms. The predicted molar refractivity (Wildman–Crippen MR) is 67.0 cm³/mol. The lowest BCUT2D eigenvalue weighted by molar-refractivity contribution is 0.0735. The maximum atomic E-state index is 11.5. The molecule has 1 aromatic rings. The minimum Gasteiger partial charge on any atom is -0.383 e.